The lowest BCUT2D eigenvalue weighted by atomic mass is 10.2. The highest BCUT2D eigenvalue weighted by atomic mass is 19.2. The third-order valence-electron chi connectivity index (χ3n) is 1.06. The fraction of sp³-hybridized carbons (Fsp3) is 0.750. The van der Waals surface area contributed by atoms with Crippen molar-refractivity contribution in [1.29, 1.82) is 0 Å². The summed E-state index contributed by atoms with van der Waals surface area (Å²) in [6.45, 7) is -0.785. The van der Waals surface area contributed by atoms with Gasteiger partial charge in [-0.1, -0.05) is 0 Å². The van der Waals surface area contributed by atoms with Crippen LogP contribution in [0.3, 0.4) is 0 Å². The molecule has 9 heavy (non-hydrogen) atoms. The number of alkyl halides is 1. The Kier molecular flexibility index (Phi) is 1.18. The van der Waals surface area contributed by atoms with Crippen LogP contribution in [0.2, 0.25) is 0 Å². The van der Waals surface area contributed by atoms with Gasteiger partial charge in [0, 0.05) is 0 Å². The Bertz CT molecular complexity index is 144. The standard InChI is InChI=1S/C4H5FO4/c5-4(8)1-9-3(7)2(4)6/h2,6,8H,1H2/t2-,4+/m0/s1. The summed E-state index contributed by atoms with van der Waals surface area (Å²) in [6, 6.07) is 0. The van der Waals surface area contributed by atoms with Crippen LogP contribution in [0, 0.1) is 0 Å². The van der Waals surface area contributed by atoms with E-state index in [4.69, 9.17) is 10.2 Å². The molecule has 2 atom stereocenters. The SMILES string of the molecule is O=C1OC[C@](O)(F)[C@H]1O. The molecule has 52 valence electrons. The molecule has 1 rings (SSSR count). The molecule has 0 aromatic rings. The van der Waals surface area contributed by atoms with E-state index in [2.05, 4.69) is 4.74 Å². The van der Waals surface area contributed by atoms with Crippen LogP contribution in [-0.2, 0) is 9.53 Å². The third-order valence-corrected chi connectivity index (χ3v) is 1.06. The van der Waals surface area contributed by atoms with Gasteiger partial charge in [-0.05, 0) is 0 Å². The number of halogens is 1. The van der Waals surface area contributed by atoms with Crippen molar-refractivity contribution in [3.63, 3.8) is 0 Å². The number of cyclic esters (lactones) is 1. The van der Waals surface area contributed by atoms with Crippen LogP contribution in [0.25, 0.3) is 0 Å². The first-order chi connectivity index (χ1) is 4.04. The van der Waals surface area contributed by atoms with Crippen molar-refractivity contribution in [3.05, 3.63) is 0 Å². The van der Waals surface area contributed by atoms with Gasteiger partial charge >= 0.3 is 5.97 Å². The maximum absolute atomic E-state index is 12.2. The van der Waals surface area contributed by atoms with Gasteiger partial charge in [-0.15, -0.1) is 0 Å². The largest absolute Gasteiger partial charge is 0.457 e. The van der Waals surface area contributed by atoms with Gasteiger partial charge in [0.2, 0.25) is 6.10 Å². The van der Waals surface area contributed by atoms with Crippen molar-refractivity contribution >= 4 is 5.97 Å². The Morgan fingerprint density at radius 2 is 2.44 bits per heavy atom. The second kappa shape index (κ2) is 1.65. The molecule has 0 aromatic heterocycles. The topological polar surface area (TPSA) is 66.8 Å². The highest BCUT2D eigenvalue weighted by molar-refractivity contribution is 5.77. The van der Waals surface area contributed by atoms with Crippen LogP contribution < -0.4 is 0 Å². The number of rotatable bonds is 0. The average molecular weight is 136 g/mol. The lowest BCUT2D eigenvalue weighted by molar-refractivity contribution is -0.156. The first-order valence-corrected chi connectivity index (χ1v) is 2.30. The van der Waals surface area contributed by atoms with Crippen molar-refractivity contribution in [2.75, 3.05) is 6.61 Å². The predicted octanol–water partition coefficient (Wildman–Crippen LogP) is -1.44. The maximum Gasteiger partial charge on any atom is 0.341 e. The Balaban J connectivity index is 2.73. The van der Waals surface area contributed by atoms with Crippen LogP contribution in [-0.4, -0.2) is 34.7 Å². The number of esters is 1. The normalized spacial score (nSPS) is 43.0. The van der Waals surface area contributed by atoms with Gasteiger partial charge in [0.05, 0.1) is 0 Å². The monoisotopic (exact) mass is 136 g/mol. The van der Waals surface area contributed by atoms with Gasteiger partial charge in [-0.25, -0.2) is 9.18 Å². The number of aliphatic hydroxyl groups excluding tert-OH is 1. The molecular weight excluding hydrogens is 131 g/mol. The summed E-state index contributed by atoms with van der Waals surface area (Å²) in [6.07, 6.45) is -2.04. The fourth-order valence-electron chi connectivity index (χ4n) is 0.511. The van der Waals surface area contributed by atoms with E-state index in [1.807, 2.05) is 0 Å². The minimum absolute atomic E-state index is 0.785. The van der Waals surface area contributed by atoms with E-state index in [9.17, 15) is 9.18 Å². The van der Waals surface area contributed by atoms with Gasteiger partial charge in [-0.3, -0.25) is 0 Å². The van der Waals surface area contributed by atoms with E-state index in [1.165, 1.54) is 0 Å². The Morgan fingerprint density at radius 1 is 1.89 bits per heavy atom. The second-order valence-corrected chi connectivity index (χ2v) is 1.83. The number of carbonyl (C=O) groups is 1. The molecule has 0 radical (unpaired) electrons. The number of aliphatic hydroxyl groups is 2. The van der Waals surface area contributed by atoms with Gasteiger partial charge in [0.1, 0.15) is 0 Å². The number of carbonyl (C=O) groups excluding carboxylic acids is 1. The zero-order valence-corrected chi connectivity index (χ0v) is 4.37. The molecule has 1 aliphatic rings. The molecular formula is C4H5FO4. The molecule has 0 spiro atoms. The smallest absolute Gasteiger partial charge is 0.341 e. The molecule has 1 aliphatic heterocycles. The lowest BCUT2D eigenvalue weighted by Gasteiger charge is -2.09. The van der Waals surface area contributed by atoms with Crippen LogP contribution >= 0.6 is 0 Å². The number of ether oxygens (including phenoxy) is 1. The molecule has 0 aromatic carbocycles. The van der Waals surface area contributed by atoms with E-state index < -0.39 is 24.5 Å². The van der Waals surface area contributed by atoms with Crippen molar-refractivity contribution < 1.29 is 24.1 Å². The van der Waals surface area contributed by atoms with Crippen LogP contribution in [0.4, 0.5) is 4.39 Å². The van der Waals surface area contributed by atoms with Gasteiger partial charge in [-0.2, -0.15) is 0 Å². The second-order valence-electron chi connectivity index (χ2n) is 1.83. The molecule has 4 nitrogen and oxygen atoms in total. The highest BCUT2D eigenvalue weighted by Crippen LogP contribution is 2.20. The van der Waals surface area contributed by atoms with Gasteiger partial charge in [0.25, 0.3) is 5.85 Å². The molecule has 1 saturated heterocycles. The third kappa shape index (κ3) is 0.883. The number of hydrogen-bond acceptors (Lipinski definition) is 4. The van der Waals surface area contributed by atoms with Crippen LogP contribution in [0.15, 0.2) is 0 Å². The summed E-state index contributed by atoms with van der Waals surface area (Å²) in [7, 11) is 0. The lowest BCUT2D eigenvalue weighted by Crippen LogP contribution is -2.37. The zero-order chi connectivity index (χ0) is 7.07. The van der Waals surface area contributed by atoms with E-state index >= 15 is 0 Å². The summed E-state index contributed by atoms with van der Waals surface area (Å²) in [4.78, 5) is 10.1. The quantitative estimate of drug-likeness (QED) is 0.400. The summed E-state index contributed by atoms with van der Waals surface area (Å²) in [5.41, 5.74) is 0. The molecule has 1 heterocycles. The molecule has 2 N–H and O–H groups in total. The van der Waals surface area contributed by atoms with E-state index in [0.29, 0.717) is 0 Å². The van der Waals surface area contributed by atoms with E-state index in [1.54, 1.807) is 0 Å². The van der Waals surface area contributed by atoms with Crippen molar-refractivity contribution in [2.45, 2.75) is 12.0 Å². The van der Waals surface area contributed by atoms with Gasteiger partial charge in [0.15, 0.2) is 6.61 Å². The minimum Gasteiger partial charge on any atom is -0.457 e. The predicted molar refractivity (Wildman–Crippen MR) is 23.0 cm³/mol. The molecule has 0 unspecified atom stereocenters. The Labute approximate surface area is 49.9 Å². The van der Waals surface area contributed by atoms with Crippen LogP contribution in [0.5, 0.6) is 0 Å². The maximum atomic E-state index is 12.2. The molecule has 0 bridgehead atoms. The summed E-state index contributed by atoms with van der Waals surface area (Å²) < 4.78 is 16.2. The van der Waals surface area contributed by atoms with Gasteiger partial charge < -0.3 is 14.9 Å². The van der Waals surface area contributed by atoms with E-state index in [0.717, 1.165) is 0 Å². The molecule has 0 saturated carbocycles. The van der Waals surface area contributed by atoms with Crippen LogP contribution in [0.1, 0.15) is 0 Å². The molecule has 5 heteroatoms. The minimum atomic E-state index is -2.89. The summed E-state index contributed by atoms with van der Waals surface area (Å²) in [5.74, 6) is -4.02. The molecule has 0 aliphatic carbocycles. The van der Waals surface area contributed by atoms with E-state index in [-0.39, 0.29) is 0 Å². The van der Waals surface area contributed by atoms with Crippen molar-refractivity contribution in [1.82, 2.24) is 0 Å². The highest BCUT2D eigenvalue weighted by Gasteiger charge is 2.49. The Hall–Kier alpha value is -0.680. The number of hydrogen-bond donors (Lipinski definition) is 2. The van der Waals surface area contributed by atoms with Crippen molar-refractivity contribution in [3.8, 4) is 0 Å². The Morgan fingerprint density at radius 3 is 2.56 bits per heavy atom. The first kappa shape index (κ1) is 6.44. The fourth-order valence-corrected chi connectivity index (χ4v) is 0.511. The first-order valence-electron chi connectivity index (χ1n) is 2.30. The summed E-state index contributed by atoms with van der Waals surface area (Å²) in [5, 5.41) is 16.8. The zero-order valence-electron chi connectivity index (χ0n) is 4.37. The average Bonchev–Trinajstić information content (AvgIpc) is 1.97. The molecule has 0 amide bonds. The summed E-state index contributed by atoms with van der Waals surface area (Å²) >= 11 is 0. The molecule has 1 fully saturated rings. The van der Waals surface area contributed by atoms with Crippen molar-refractivity contribution in [2.24, 2.45) is 0 Å².